The van der Waals surface area contributed by atoms with Crippen molar-refractivity contribution < 1.29 is 27.5 Å². The van der Waals surface area contributed by atoms with Crippen LogP contribution in [0.2, 0.25) is 0 Å². The fourth-order valence-corrected chi connectivity index (χ4v) is 5.48. The maximum Gasteiger partial charge on any atom is 0.420 e. The van der Waals surface area contributed by atoms with Crippen molar-refractivity contribution in [3.63, 3.8) is 0 Å². The number of amides is 1. The number of rotatable bonds is 8. The van der Waals surface area contributed by atoms with E-state index in [0.717, 1.165) is 18.9 Å². The summed E-state index contributed by atoms with van der Waals surface area (Å²) in [4.78, 5) is 25.6. The zero-order valence-electron chi connectivity index (χ0n) is 17.8. The Kier molecular flexibility index (Phi) is 8.30. The van der Waals surface area contributed by atoms with Gasteiger partial charge in [0.25, 0.3) is 0 Å². The van der Waals surface area contributed by atoms with Gasteiger partial charge in [0.1, 0.15) is 11.4 Å². The highest BCUT2D eigenvalue weighted by atomic mass is 127. The van der Waals surface area contributed by atoms with E-state index in [0.29, 0.717) is 37.8 Å². The average Bonchev–Trinajstić information content (AvgIpc) is 3.40. The van der Waals surface area contributed by atoms with Crippen LogP contribution >= 0.6 is 22.6 Å². The molecule has 1 aliphatic carbocycles. The molecule has 1 saturated carbocycles. The molecule has 2 fully saturated rings. The first kappa shape index (κ1) is 26.2. The Morgan fingerprint density at radius 3 is 2.61 bits per heavy atom. The minimum absolute atomic E-state index is 0.0738. The van der Waals surface area contributed by atoms with E-state index in [1.807, 2.05) is 0 Å². The molecule has 13 heteroatoms. The van der Waals surface area contributed by atoms with E-state index in [-0.39, 0.29) is 16.4 Å². The maximum atomic E-state index is 14.0. The predicted molar refractivity (Wildman–Crippen MR) is 120 cm³/mol. The second-order valence-corrected chi connectivity index (χ2v) is 9.75. The highest BCUT2D eigenvalue weighted by molar-refractivity contribution is 14.1. The molecule has 2 aliphatic rings. The van der Waals surface area contributed by atoms with Crippen molar-refractivity contribution >= 4 is 28.5 Å². The molecule has 184 valence electrons. The lowest BCUT2D eigenvalue weighted by Crippen LogP contribution is -3.21. The zero-order valence-corrected chi connectivity index (χ0v) is 19.9. The Bertz CT molecular complexity index is 859. The van der Waals surface area contributed by atoms with Crippen molar-refractivity contribution in [1.29, 1.82) is 0 Å². The summed E-state index contributed by atoms with van der Waals surface area (Å²) in [6.07, 6.45) is -1.86. The largest absolute Gasteiger partial charge is 0.611 e. The number of carbonyl (C=O) groups is 1. The summed E-state index contributed by atoms with van der Waals surface area (Å²) in [6, 6.07) is 1.02. The van der Waals surface area contributed by atoms with Crippen LogP contribution in [0.1, 0.15) is 56.1 Å². The fourth-order valence-electron chi connectivity index (χ4n) is 4.51. The Labute approximate surface area is 201 Å². The standard InChI is InChI=1S/C20H26F4IN5O3/c21-13-10-12(11-14(25)17(13)20(22,23)24)5-6-15(26)18(31)29-9-3-4-16(29)30(33)27-19(28-32)7-1-2-8-19/h10-11,15-16,27,30H,1-9,26H2/t15-,16+/m0/s1. The quantitative estimate of drug-likeness (QED) is 0.187. The van der Waals surface area contributed by atoms with Crippen molar-refractivity contribution in [3.05, 3.63) is 42.8 Å². The number of nitrogens with one attached hydrogen (secondary N) is 2. The van der Waals surface area contributed by atoms with Gasteiger partial charge >= 0.3 is 6.18 Å². The molecule has 0 aromatic heterocycles. The van der Waals surface area contributed by atoms with E-state index in [1.54, 1.807) is 0 Å². The molecule has 8 nitrogen and oxygen atoms in total. The third kappa shape index (κ3) is 5.99. The maximum absolute atomic E-state index is 14.0. The lowest BCUT2D eigenvalue weighted by molar-refractivity contribution is -0.937. The lowest BCUT2D eigenvalue weighted by Gasteiger charge is -2.38. The van der Waals surface area contributed by atoms with Gasteiger partial charge < -0.3 is 10.9 Å². The third-order valence-corrected chi connectivity index (χ3v) is 7.10. The molecule has 1 aromatic rings. The van der Waals surface area contributed by atoms with Crippen LogP contribution in [-0.2, 0) is 17.4 Å². The smallest absolute Gasteiger partial charge is 0.420 e. The summed E-state index contributed by atoms with van der Waals surface area (Å²) in [5, 5.41) is 15.5. The first-order valence-electron chi connectivity index (χ1n) is 10.7. The molecule has 1 unspecified atom stereocenters. The first-order valence-corrected chi connectivity index (χ1v) is 11.8. The fraction of sp³-hybridized carbons (Fsp3) is 0.650. The predicted octanol–water partition coefficient (Wildman–Crippen LogP) is 2.58. The van der Waals surface area contributed by atoms with Gasteiger partial charge in [0, 0.05) is 16.5 Å². The topological polar surface area (TPSA) is 115 Å². The number of hydroxylamine groups is 1. The molecule has 4 N–H and O–H groups in total. The van der Waals surface area contributed by atoms with Gasteiger partial charge in [0.2, 0.25) is 5.91 Å². The minimum atomic E-state index is -4.80. The van der Waals surface area contributed by atoms with E-state index in [4.69, 9.17) is 5.73 Å². The van der Waals surface area contributed by atoms with Gasteiger partial charge in [-0.3, -0.25) is 14.9 Å². The Morgan fingerprint density at radius 1 is 1.36 bits per heavy atom. The molecule has 1 amide bonds. The van der Waals surface area contributed by atoms with Gasteiger partial charge in [-0.25, -0.2) is 4.39 Å². The average molecular weight is 587 g/mol. The van der Waals surface area contributed by atoms with Crippen LogP contribution in [0.4, 0.5) is 17.6 Å². The molecule has 3 rings (SSSR count). The van der Waals surface area contributed by atoms with E-state index >= 15 is 0 Å². The highest BCUT2D eigenvalue weighted by Gasteiger charge is 2.42. The SMILES string of the molecule is N[C@@H](CCc1cc(F)c(C(F)(F)F)c(I)c1)C(=O)N1CCC[C@H]1[NH+]([O-])NC1(N=O)CCCC1. The summed E-state index contributed by atoms with van der Waals surface area (Å²) in [7, 11) is 0. The van der Waals surface area contributed by atoms with Crippen LogP contribution in [0.3, 0.4) is 0 Å². The molecule has 0 bridgehead atoms. The monoisotopic (exact) mass is 587 g/mol. The van der Waals surface area contributed by atoms with E-state index in [1.165, 1.54) is 33.6 Å². The van der Waals surface area contributed by atoms with Crippen LogP contribution in [0.25, 0.3) is 0 Å². The Balaban J connectivity index is 1.61. The highest BCUT2D eigenvalue weighted by Crippen LogP contribution is 2.35. The second-order valence-electron chi connectivity index (χ2n) is 8.59. The zero-order chi connectivity index (χ0) is 24.4. The van der Waals surface area contributed by atoms with Crippen molar-refractivity contribution in [3.8, 4) is 0 Å². The number of alkyl halides is 3. The first-order chi connectivity index (χ1) is 15.5. The Morgan fingerprint density at radius 2 is 2.03 bits per heavy atom. The molecule has 33 heavy (non-hydrogen) atoms. The number of carbonyl (C=O) groups excluding carboxylic acids is 1. The number of aryl methyl sites for hydroxylation is 1. The molecule has 1 aromatic carbocycles. The van der Waals surface area contributed by atoms with E-state index in [9.17, 15) is 32.5 Å². The summed E-state index contributed by atoms with van der Waals surface area (Å²) in [5.41, 5.74) is 6.59. The van der Waals surface area contributed by atoms with Gasteiger partial charge in [0.15, 0.2) is 11.8 Å². The van der Waals surface area contributed by atoms with Crippen molar-refractivity contribution in [2.24, 2.45) is 10.9 Å². The number of halogens is 5. The van der Waals surface area contributed by atoms with Gasteiger partial charge in [-0.2, -0.15) is 13.2 Å². The number of nitroso groups, excluding NO2 is 1. The van der Waals surface area contributed by atoms with Crippen LogP contribution in [0.15, 0.2) is 17.3 Å². The second kappa shape index (κ2) is 10.5. The number of nitrogens with zero attached hydrogens (tertiary/aromatic N) is 2. The Hall–Kier alpha value is -1.42. The van der Waals surface area contributed by atoms with Crippen LogP contribution in [0.5, 0.6) is 0 Å². The van der Waals surface area contributed by atoms with Gasteiger partial charge in [-0.15, -0.1) is 10.3 Å². The number of hydrogen-bond acceptors (Lipinski definition) is 6. The molecule has 3 atom stereocenters. The summed E-state index contributed by atoms with van der Waals surface area (Å²) < 4.78 is 52.5. The van der Waals surface area contributed by atoms with Crippen LogP contribution < -0.4 is 16.3 Å². The number of quaternary nitrogens is 1. The van der Waals surface area contributed by atoms with Crippen LogP contribution in [0, 0.1) is 19.5 Å². The van der Waals surface area contributed by atoms with Crippen molar-refractivity contribution in [2.75, 3.05) is 6.54 Å². The number of likely N-dealkylation sites (tertiary alicyclic amines) is 1. The van der Waals surface area contributed by atoms with Crippen molar-refractivity contribution in [2.45, 2.75) is 75.4 Å². The molecule has 0 radical (unpaired) electrons. The normalized spacial score (nSPS) is 22.4. The van der Waals surface area contributed by atoms with E-state index in [2.05, 4.69) is 10.6 Å². The van der Waals surface area contributed by atoms with Gasteiger partial charge in [0.05, 0.1) is 6.04 Å². The lowest BCUT2D eigenvalue weighted by atomic mass is 10.0. The summed E-state index contributed by atoms with van der Waals surface area (Å²) in [6.45, 7) is 0.332. The number of nitrogens with two attached hydrogens (primary N) is 1. The number of benzene rings is 1. The van der Waals surface area contributed by atoms with Gasteiger partial charge in [-0.05, 0) is 90.4 Å². The summed E-state index contributed by atoms with van der Waals surface area (Å²) in [5.74, 6) is -1.83. The molecule has 0 spiro atoms. The van der Waals surface area contributed by atoms with Gasteiger partial charge in [-0.1, -0.05) is 0 Å². The molecular formula is C20H26F4IN5O3. The molecule has 1 aliphatic heterocycles. The van der Waals surface area contributed by atoms with Crippen LogP contribution in [-0.4, -0.2) is 35.2 Å². The van der Waals surface area contributed by atoms with E-state index < -0.39 is 46.5 Å². The minimum Gasteiger partial charge on any atom is -0.611 e. The third-order valence-electron chi connectivity index (χ3n) is 6.25. The molecular weight excluding hydrogens is 561 g/mol. The van der Waals surface area contributed by atoms with Crippen molar-refractivity contribution in [1.82, 2.24) is 10.3 Å². The molecule has 1 heterocycles. The number of hydrogen-bond donors (Lipinski definition) is 3. The summed E-state index contributed by atoms with van der Waals surface area (Å²) >= 11 is 1.43. The molecule has 1 saturated heterocycles.